The molecule has 0 aliphatic rings. The van der Waals surface area contributed by atoms with E-state index in [9.17, 15) is 4.21 Å². The maximum atomic E-state index is 12.6. The summed E-state index contributed by atoms with van der Waals surface area (Å²) in [5, 5.41) is 10.3. The molecule has 0 radical (unpaired) electrons. The molecule has 1 atom stereocenters. The number of halogens is 3. The number of benzene rings is 2. The Balaban J connectivity index is 1.63. The molecule has 2 aromatic carbocycles. The summed E-state index contributed by atoms with van der Waals surface area (Å²) in [5.74, 6) is 2.05. The zero-order valence-electron chi connectivity index (χ0n) is 14.4. The van der Waals surface area contributed by atoms with Crippen LogP contribution in [0, 0.1) is 0 Å². The van der Waals surface area contributed by atoms with E-state index in [2.05, 4.69) is 38.3 Å². The van der Waals surface area contributed by atoms with Crippen LogP contribution in [-0.4, -0.2) is 19.0 Å². The highest BCUT2D eigenvalue weighted by molar-refractivity contribution is 9.10. The van der Waals surface area contributed by atoms with Gasteiger partial charge in [0.1, 0.15) is 5.82 Å². The van der Waals surface area contributed by atoms with Gasteiger partial charge in [0.25, 0.3) is 0 Å². The fraction of sp³-hybridized carbons (Fsp3) is 0.222. The van der Waals surface area contributed by atoms with Crippen LogP contribution in [0.25, 0.3) is 0 Å². The summed E-state index contributed by atoms with van der Waals surface area (Å²) >= 11 is 17.4. The van der Waals surface area contributed by atoms with Crippen molar-refractivity contribution in [3.05, 3.63) is 73.9 Å². The van der Waals surface area contributed by atoms with Gasteiger partial charge < -0.3 is 4.57 Å². The first-order valence-corrected chi connectivity index (χ1v) is 12.0. The number of rotatable bonds is 7. The van der Waals surface area contributed by atoms with Crippen LogP contribution >= 0.6 is 50.9 Å². The van der Waals surface area contributed by atoms with Crippen LogP contribution in [0.15, 0.2) is 52.1 Å². The van der Waals surface area contributed by atoms with Gasteiger partial charge in [-0.05, 0) is 29.8 Å². The fourth-order valence-corrected chi connectivity index (χ4v) is 5.47. The molecule has 0 bridgehead atoms. The molecule has 0 amide bonds. The van der Waals surface area contributed by atoms with Crippen molar-refractivity contribution in [2.75, 3.05) is 0 Å². The molecule has 27 heavy (non-hydrogen) atoms. The second-order valence-corrected chi connectivity index (χ2v) is 9.93. The SMILES string of the molecule is Cn1c(C[S@](=O)Cc2c(Cl)cccc2Cl)nnc1SCc1ccc(Br)cc1. The average molecular weight is 505 g/mol. The van der Waals surface area contributed by atoms with Crippen molar-refractivity contribution in [1.29, 1.82) is 0 Å². The van der Waals surface area contributed by atoms with Crippen LogP contribution < -0.4 is 0 Å². The molecular weight excluding hydrogens is 489 g/mol. The predicted molar refractivity (Wildman–Crippen MR) is 117 cm³/mol. The molecular formula is C18H16BrCl2N3OS2. The van der Waals surface area contributed by atoms with Crippen molar-refractivity contribution < 1.29 is 4.21 Å². The lowest BCUT2D eigenvalue weighted by Gasteiger charge is -2.07. The van der Waals surface area contributed by atoms with Crippen LogP contribution in [0.1, 0.15) is 17.0 Å². The molecule has 0 unspecified atom stereocenters. The molecule has 3 rings (SSSR count). The highest BCUT2D eigenvalue weighted by atomic mass is 79.9. The summed E-state index contributed by atoms with van der Waals surface area (Å²) in [5.41, 5.74) is 1.90. The first-order chi connectivity index (χ1) is 12.9. The highest BCUT2D eigenvalue weighted by Crippen LogP contribution is 2.27. The normalized spacial score (nSPS) is 12.3. The van der Waals surface area contributed by atoms with Crippen molar-refractivity contribution in [3.8, 4) is 0 Å². The van der Waals surface area contributed by atoms with E-state index in [0.717, 1.165) is 15.4 Å². The average Bonchev–Trinajstić information content (AvgIpc) is 2.98. The summed E-state index contributed by atoms with van der Waals surface area (Å²) in [6.45, 7) is 0. The minimum absolute atomic E-state index is 0.284. The van der Waals surface area contributed by atoms with Gasteiger partial charge in [0.05, 0.1) is 11.5 Å². The number of thioether (sulfide) groups is 1. The Kier molecular flexibility index (Phi) is 7.39. The molecule has 0 fully saturated rings. The van der Waals surface area contributed by atoms with Crippen LogP contribution in [-0.2, 0) is 35.1 Å². The van der Waals surface area contributed by atoms with Gasteiger partial charge in [-0.15, -0.1) is 10.2 Å². The molecule has 4 nitrogen and oxygen atoms in total. The van der Waals surface area contributed by atoms with Crippen molar-refractivity contribution in [2.24, 2.45) is 7.05 Å². The van der Waals surface area contributed by atoms with Crippen LogP contribution in [0.5, 0.6) is 0 Å². The summed E-state index contributed by atoms with van der Waals surface area (Å²) in [6, 6.07) is 13.4. The summed E-state index contributed by atoms with van der Waals surface area (Å²) in [4.78, 5) is 0. The summed E-state index contributed by atoms with van der Waals surface area (Å²) in [7, 11) is 0.699. The molecule has 0 spiro atoms. The molecule has 3 aromatic rings. The molecule has 0 aliphatic carbocycles. The van der Waals surface area contributed by atoms with Crippen molar-refractivity contribution in [3.63, 3.8) is 0 Å². The Morgan fingerprint density at radius 2 is 1.74 bits per heavy atom. The van der Waals surface area contributed by atoms with Crippen molar-refractivity contribution in [1.82, 2.24) is 14.8 Å². The highest BCUT2D eigenvalue weighted by Gasteiger charge is 2.15. The lowest BCUT2D eigenvalue weighted by molar-refractivity contribution is 0.677. The van der Waals surface area contributed by atoms with Crippen LogP contribution in [0.3, 0.4) is 0 Å². The Hall–Kier alpha value is -0.860. The standard InChI is InChI=1S/C18H16BrCl2N3OS2/c1-24-17(11-27(25)10-14-15(20)3-2-4-16(14)21)22-23-18(24)26-9-12-5-7-13(19)8-6-12/h2-8H,9-11H2,1H3/t27-/m1/s1. The van der Waals surface area contributed by atoms with Crippen LogP contribution in [0.4, 0.5) is 0 Å². The Bertz CT molecular complexity index is 943. The van der Waals surface area contributed by atoms with E-state index < -0.39 is 10.8 Å². The Morgan fingerprint density at radius 1 is 1.07 bits per heavy atom. The van der Waals surface area contributed by atoms with E-state index >= 15 is 0 Å². The molecule has 142 valence electrons. The minimum atomic E-state index is -1.19. The van der Waals surface area contributed by atoms with Gasteiger partial charge in [-0.3, -0.25) is 4.21 Å². The van der Waals surface area contributed by atoms with Gasteiger partial charge in [-0.2, -0.15) is 0 Å². The quantitative estimate of drug-likeness (QED) is 0.391. The van der Waals surface area contributed by atoms with E-state index in [-0.39, 0.29) is 5.75 Å². The maximum absolute atomic E-state index is 12.6. The van der Waals surface area contributed by atoms with Gasteiger partial charge in [0, 0.05) is 43.7 Å². The smallest absolute Gasteiger partial charge is 0.191 e. The molecule has 1 aromatic heterocycles. The molecule has 0 saturated carbocycles. The van der Waals surface area contributed by atoms with Crippen molar-refractivity contribution in [2.45, 2.75) is 22.4 Å². The third-order valence-corrected chi connectivity index (χ3v) is 7.38. The van der Waals surface area contributed by atoms with Gasteiger partial charge in [0.15, 0.2) is 5.16 Å². The van der Waals surface area contributed by atoms with Gasteiger partial charge in [-0.25, -0.2) is 0 Å². The zero-order valence-corrected chi connectivity index (χ0v) is 19.1. The third kappa shape index (κ3) is 5.57. The maximum Gasteiger partial charge on any atom is 0.191 e. The van der Waals surface area contributed by atoms with E-state index in [0.29, 0.717) is 27.2 Å². The van der Waals surface area contributed by atoms with E-state index in [1.165, 1.54) is 5.56 Å². The number of hydrogen-bond donors (Lipinski definition) is 0. The van der Waals surface area contributed by atoms with E-state index in [4.69, 9.17) is 23.2 Å². The molecule has 0 saturated heterocycles. The third-order valence-electron chi connectivity index (χ3n) is 3.86. The first kappa shape index (κ1) is 20.9. The monoisotopic (exact) mass is 503 g/mol. The van der Waals surface area contributed by atoms with Crippen molar-refractivity contribution >= 4 is 61.7 Å². The lowest BCUT2D eigenvalue weighted by Crippen LogP contribution is -2.06. The zero-order chi connectivity index (χ0) is 19.4. The molecule has 9 heteroatoms. The van der Waals surface area contributed by atoms with E-state index in [1.54, 1.807) is 30.0 Å². The predicted octanol–water partition coefficient (Wildman–Crippen LogP) is 5.63. The fourth-order valence-electron chi connectivity index (χ4n) is 2.35. The Labute approximate surface area is 183 Å². The molecule has 0 aliphatic heterocycles. The summed E-state index contributed by atoms with van der Waals surface area (Å²) < 4.78 is 15.5. The minimum Gasteiger partial charge on any atom is -0.308 e. The summed E-state index contributed by atoms with van der Waals surface area (Å²) in [6.07, 6.45) is 0. The van der Waals surface area contributed by atoms with E-state index in [1.807, 2.05) is 23.7 Å². The second kappa shape index (κ2) is 9.56. The first-order valence-electron chi connectivity index (χ1n) is 7.97. The van der Waals surface area contributed by atoms with Gasteiger partial charge in [-0.1, -0.05) is 69.1 Å². The number of aromatic nitrogens is 3. The van der Waals surface area contributed by atoms with Gasteiger partial charge in [0.2, 0.25) is 0 Å². The molecule has 0 N–H and O–H groups in total. The Morgan fingerprint density at radius 3 is 2.41 bits per heavy atom. The largest absolute Gasteiger partial charge is 0.308 e. The van der Waals surface area contributed by atoms with Gasteiger partial charge >= 0.3 is 0 Å². The molecule has 1 heterocycles. The number of hydrogen-bond acceptors (Lipinski definition) is 4. The van der Waals surface area contributed by atoms with Crippen LogP contribution in [0.2, 0.25) is 10.0 Å². The number of nitrogens with zero attached hydrogens (tertiary/aromatic N) is 3. The second-order valence-electron chi connectivity index (χ2n) is 5.80. The lowest BCUT2D eigenvalue weighted by atomic mass is 10.2. The topological polar surface area (TPSA) is 47.8 Å².